The zero-order valence-electron chi connectivity index (χ0n) is 12.3. The maximum absolute atomic E-state index is 5.72. The van der Waals surface area contributed by atoms with Crippen LogP contribution < -0.4 is 19.9 Å². The third-order valence-electron chi connectivity index (χ3n) is 3.46. The molecular weight excluding hydrogens is 270 g/mol. The molecule has 2 N–H and O–H groups in total. The predicted molar refractivity (Wildman–Crippen MR) is 86.3 cm³/mol. The summed E-state index contributed by atoms with van der Waals surface area (Å²) in [4.78, 5) is 3.65. The van der Waals surface area contributed by atoms with Gasteiger partial charge in [-0.3, -0.25) is 4.90 Å². The molecule has 0 aromatic heterocycles. The molecule has 1 unspecified atom stereocenters. The number of anilines is 1. The van der Waals surface area contributed by atoms with Gasteiger partial charge in [-0.05, 0) is 37.7 Å². The van der Waals surface area contributed by atoms with Crippen LogP contribution in [0.4, 0.5) is 5.69 Å². The fourth-order valence-corrected chi connectivity index (χ4v) is 2.63. The predicted octanol–water partition coefficient (Wildman–Crippen LogP) is 1.38. The first-order chi connectivity index (χ1) is 9.76. The molecule has 1 atom stereocenters. The van der Waals surface area contributed by atoms with E-state index in [0.717, 1.165) is 29.9 Å². The van der Waals surface area contributed by atoms with E-state index in [1.807, 2.05) is 25.1 Å². The normalized spacial score (nSPS) is 18.8. The first kappa shape index (κ1) is 15.1. The summed E-state index contributed by atoms with van der Waals surface area (Å²) in [6.45, 7) is 7.87. The molecule has 0 radical (unpaired) electrons. The van der Waals surface area contributed by atoms with Gasteiger partial charge in [-0.2, -0.15) is 0 Å². The van der Waals surface area contributed by atoms with Crippen molar-refractivity contribution in [3.63, 3.8) is 0 Å². The molecule has 5 heteroatoms. The summed E-state index contributed by atoms with van der Waals surface area (Å²) in [7, 11) is 0. The molecule has 0 amide bonds. The van der Waals surface area contributed by atoms with Crippen molar-refractivity contribution in [1.29, 1.82) is 0 Å². The van der Waals surface area contributed by atoms with Crippen molar-refractivity contribution >= 4 is 23.0 Å². The van der Waals surface area contributed by atoms with Crippen molar-refractivity contribution in [3.05, 3.63) is 24.3 Å². The van der Waals surface area contributed by atoms with E-state index in [1.54, 1.807) is 0 Å². The number of unbranched alkanes of at least 4 members (excludes halogenated alkanes) is 1. The van der Waals surface area contributed by atoms with Gasteiger partial charge in [0.2, 0.25) is 0 Å². The topological polar surface area (TPSA) is 28.9 Å². The molecule has 110 valence electrons. The molecule has 1 fully saturated rings. The second-order valence-corrected chi connectivity index (χ2v) is 5.39. The number of benzene rings is 1. The second kappa shape index (κ2) is 7.45. The van der Waals surface area contributed by atoms with Crippen LogP contribution in [0.5, 0.6) is 5.75 Å². The molecule has 0 spiro atoms. The third kappa shape index (κ3) is 3.61. The molecule has 1 aromatic rings. The minimum absolute atomic E-state index is 0.664. The zero-order chi connectivity index (χ0) is 14.4. The Balaban J connectivity index is 2.14. The molecular formula is C15H24N3OS+. The smallest absolute Gasteiger partial charge is 0.182 e. The van der Waals surface area contributed by atoms with Crippen molar-refractivity contribution in [3.8, 4) is 5.75 Å². The summed E-state index contributed by atoms with van der Waals surface area (Å²) in [5.74, 6) is 0.899. The highest BCUT2D eigenvalue weighted by Gasteiger charge is 2.26. The van der Waals surface area contributed by atoms with Crippen molar-refractivity contribution in [2.75, 3.05) is 31.4 Å². The van der Waals surface area contributed by atoms with Crippen LogP contribution >= 0.6 is 12.2 Å². The second-order valence-electron chi connectivity index (χ2n) is 5.00. The number of para-hydroxylation sites is 2. The summed E-state index contributed by atoms with van der Waals surface area (Å²) in [6.07, 6.45) is 2.47. The van der Waals surface area contributed by atoms with Gasteiger partial charge in [0.1, 0.15) is 5.75 Å². The van der Waals surface area contributed by atoms with Gasteiger partial charge >= 0.3 is 0 Å². The SMILES string of the molecule is CCCC[NH+]1CNC(=S)N(c2ccccc2OCC)C1. The number of ether oxygens (including phenoxy) is 1. The van der Waals surface area contributed by atoms with E-state index in [0.29, 0.717) is 6.61 Å². The molecule has 1 heterocycles. The minimum atomic E-state index is 0.664. The quantitative estimate of drug-likeness (QED) is 0.776. The van der Waals surface area contributed by atoms with Crippen LogP contribution in [0.15, 0.2) is 24.3 Å². The van der Waals surface area contributed by atoms with Crippen LogP contribution in [0.25, 0.3) is 0 Å². The lowest BCUT2D eigenvalue weighted by atomic mass is 10.2. The largest absolute Gasteiger partial charge is 0.492 e. The van der Waals surface area contributed by atoms with Crippen LogP contribution in [0, 0.1) is 0 Å². The van der Waals surface area contributed by atoms with E-state index in [9.17, 15) is 0 Å². The Labute approximate surface area is 126 Å². The lowest BCUT2D eigenvalue weighted by molar-refractivity contribution is -0.903. The van der Waals surface area contributed by atoms with Gasteiger partial charge in [0.15, 0.2) is 18.4 Å². The Morgan fingerprint density at radius 2 is 2.15 bits per heavy atom. The average molecular weight is 294 g/mol. The minimum Gasteiger partial charge on any atom is -0.492 e. The monoisotopic (exact) mass is 294 g/mol. The zero-order valence-corrected chi connectivity index (χ0v) is 13.1. The van der Waals surface area contributed by atoms with Crippen LogP contribution in [-0.2, 0) is 0 Å². The van der Waals surface area contributed by atoms with E-state index in [2.05, 4.69) is 23.2 Å². The van der Waals surface area contributed by atoms with Gasteiger partial charge in [0.25, 0.3) is 0 Å². The fourth-order valence-electron chi connectivity index (χ4n) is 2.39. The van der Waals surface area contributed by atoms with Crippen molar-refractivity contribution in [1.82, 2.24) is 5.32 Å². The van der Waals surface area contributed by atoms with E-state index in [-0.39, 0.29) is 0 Å². The van der Waals surface area contributed by atoms with E-state index in [1.165, 1.54) is 24.3 Å². The number of hydrogen-bond donors (Lipinski definition) is 2. The van der Waals surface area contributed by atoms with Crippen LogP contribution in [-0.4, -0.2) is 31.6 Å². The highest BCUT2D eigenvalue weighted by Crippen LogP contribution is 2.27. The summed E-state index contributed by atoms with van der Waals surface area (Å²) < 4.78 is 5.72. The molecule has 20 heavy (non-hydrogen) atoms. The van der Waals surface area contributed by atoms with Gasteiger partial charge in [0, 0.05) is 0 Å². The first-order valence-corrected chi connectivity index (χ1v) is 7.77. The van der Waals surface area contributed by atoms with Crippen LogP contribution in [0.2, 0.25) is 0 Å². The maximum Gasteiger partial charge on any atom is 0.182 e. The van der Waals surface area contributed by atoms with Crippen molar-refractivity contribution in [2.24, 2.45) is 0 Å². The average Bonchev–Trinajstić information content (AvgIpc) is 2.47. The highest BCUT2D eigenvalue weighted by molar-refractivity contribution is 7.80. The molecule has 4 nitrogen and oxygen atoms in total. The summed E-state index contributed by atoms with van der Waals surface area (Å²) in [6, 6.07) is 8.10. The number of quaternary nitrogens is 1. The lowest BCUT2D eigenvalue weighted by Gasteiger charge is -2.35. The molecule has 1 aliphatic rings. The fraction of sp³-hybridized carbons (Fsp3) is 0.533. The Morgan fingerprint density at radius 1 is 1.35 bits per heavy atom. The van der Waals surface area contributed by atoms with Crippen LogP contribution in [0.3, 0.4) is 0 Å². The van der Waals surface area contributed by atoms with Gasteiger partial charge in [-0.15, -0.1) is 0 Å². The summed E-state index contributed by atoms with van der Waals surface area (Å²) in [5, 5.41) is 4.11. The number of nitrogens with one attached hydrogen (secondary N) is 2. The Bertz CT molecular complexity index is 452. The number of nitrogens with zero attached hydrogens (tertiary/aromatic N) is 1. The molecule has 1 aromatic carbocycles. The lowest BCUT2D eigenvalue weighted by Crippen LogP contribution is -3.17. The van der Waals surface area contributed by atoms with E-state index >= 15 is 0 Å². The highest BCUT2D eigenvalue weighted by atomic mass is 32.1. The van der Waals surface area contributed by atoms with Crippen LogP contribution in [0.1, 0.15) is 26.7 Å². The molecule has 0 bridgehead atoms. The number of rotatable bonds is 6. The van der Waals surface area contributed by atoms with E-state index in [4.69, 9.17) is 17.0 Å². The van der Waals surface area contributed by atoms with Gasteiger partial charge < -0.3 is 15.0 Å². The number of hydrogen-bond acceptors (Lipinski definition) is 2. The molecule has 1 saturated heterocycles. The van der Waals surface area contributed by atoms with E-state index < -0.39 is 0 Å². The third-order valence-corrected chi connectivity index (χ3v) is 3.82. The number of thiocarbonyl (C=S) groups is 1. The van der Waals surface area contributed by atoms with Crippen molar-refractivity contribution in [2.45, 2.75) is 26.7 Å². The summed E-state index contributed by atoms with van der Waals surface area (Å²) >= 11 is 5.46. The van der Waals surface area contributed by atoms with Gasteiger partial charge in [0.05, 0.1) is 18.8 Å². The first-order valence-electron chi connectivity index (χ1n) is 7.37. The standard InChI is InChI=1S/C15H23N3OS/c1-3-5-10-17-11-16-15(20)18(12-17)13-8-6-7-9-14(13)19-4-2/h6-9H,3-5,10-12H2,1-2H3,(H,16,20)/p+1. The Kier molecular flexibility index (Phi) is 5.61. The molecule has 2 rings (SSSR count). The summed E-state index contributed by atoms with van der Waals surface area (Å²) in [5.41, 5.74) is 1.06. The maximum atomic E-state index is 5.72. The molecule has 1 aliphatic heterocycles. The molecule has 0 aliphatic carbocycles. The molecule has 0 saturated carbocycles. The van der Waals surface area contributed by atoms with Gasteiger partial charge in [-0.25, -0.2) is 0 Å². The van der Waals surface area contributed by atoms with Crippen molar-refractivity contribution < 1.29 is 9.64 Å². The Morgan fingerprint density at radius 3 is 2.90 bits per heavy atom. The Hall–Kier alpha value is -1.33. The van der Waals surface area contributed by atoms with Gasteiger partial charge in [-0.1, -0.05) is 25.5 Å².